The van der Waals surface area contributed by atoms with Crippen LogP contribution in [0.1, 0.15) is 16.1 Å². The Morgan fingerprint density at radius 3 is 2.54 bits per heavy atom. The third kappa shape index (κ3) is 2.81. The summed E-state index contributed by atoms with van der Waals surface area (Å²) in [6.07, 6.45) is 1.28. The topological polar surface area (TPSA) is 120 Å². The Kier molecular flexibility index (Phi) is 3.72. The largest absolute Gasteiger partial charge is 0.366 e. The van der Waals surface area contributed by atoms with E-state index in [9.17, 15) is 13.2 Å². The van der Waals surface area contributed by atoms with Gasteiger partial charge in [-0.15, -0.1) is 0 Å². The maximum absolute atomic E-state index is 12.5. The number of fused-ring (bicyclic) bond motifs is 1. The van der Waals surface area contributed by atoms with Crippen LogP contribution in [0.5, 0.6) is 0 Å². The average Bonchev–Trinajstić information content (AvgIpc) is 2.82. The second-order valence-electron chi connectivity index (χ2n) is 5.30. The molecule has 8 nitrogen and oxygen atoms in total. The number of hydrogen-bond acceptors (Lipinski definition) is 5. The summed E-state index contributed by atoms with van der Waals surface area (Å²) in [7, 11) is -2.07. The maximum Gasteiger partial charge on any atom is 0.263 e. The Morgan fingerprint density at radius 1 is 1.25 bits per heavy atom. The summed E-state index contributed by atoms with van der Waals surface area (Å²) >= 11 is 0. The number of pyridine rings is 1. The van der Waals surface area contributed by atoms with E-state index in [4.69, 9.17) is 5.73 Å². The Bertz CT molecular complexity index is 1040. The molecule has 0 atom stereocenters. The van der Waals surface area contributed by atoms with Crippen molar-refractivity contribution in [3.05, 3.63) is 47.8 Å². The molecule has 0 bridgehead atoms. The number of benzene rings is 1. The van der Waals surface area contributed by atoms with E-state index >= 15 is 0 Å². The van der Waals surface area contributed by atoms with Crippen molar-refractivity contribution in [3.8, 4) is 0 Å². The summed E-state index contributed by atoms with van der Waals surface area (Å²) in [6, 6.07) is 7.38. The van der Waals surface area contributed by atoms with Gasteiger partial charge in [0.25, 0.3) is 10.0 Å². The molecule has 0 spiro atoms. The fourth-order valence-corrected chi connectivity index (χ4v) is 3.38. The highest BCUT2D eigenvalue weighted by Crippen LogP contribution is 2.21. The number of hydrogen-bond donors (Lipinski definition) is 2. The van der Waals surface area contributed by atoms with Crippen molar-refractivity contribution in [2.45, 2.75) is 11.8 Å². The molecular formula is C15H15N5O3S. The van der Waals surface area contributed by atoms with Crippen molar-refractivity contribution < 1.29 is 13.2 Å². The van der Waals surface area contributed by atoms with Gasteiger partial charge in [-0.3, -0.25) is 14.2 Å². The molecule has 1 amide bonds. The molecule has 2 aromatic heterocycles. The number of amides is 1. The van der Waals surface area contributed by atoms with Crippen LogP contribution < -0.4 is 10.5 Å². The number of rotatable bonds is 4. The summed E-state index contributed by atoms with van der Waals surface area (Å²) in [5.74, 6) is -0.578. The van der Waals surface area contributed by atoms with Gasteiger partial charge >= 0.3 is 0 Å². The van der Waals surface area contributed by atoms with Crippen LogP contribution in [-0.4, -0.2) is 29.1 Å². The Hall–Kier alpha value is -2.94. The molecule has 0 aliphatic rings. The number of nitrogens with two attached hydrogens (primary N) is 1. The zero-order valence-electron chi connectivity index (χ0n) is 13.0. The molecule has 0 aliphatic heterocycles. The van der Waals surface area contributed by atoms with Crippen LogP contribution in [0.3, 0.4) is 0 Å². The number of carbonyl (C=O) groups is 1. The normalized spacial score (nSPS) is 11.6. The molecule has 0 fully saturated rings. The number of anilines is 1. The fourth-order valence-electron chi connectivity index (χ4n) is 2.35. The van der Waals surface area contributed by atoms with Gasteiger partial charge in [-0.05, 0) is 37.3 Å². The SMILES string of the molecule is Cc1nn(C)c2ncc(S(=O)(=O)Nc3ccc(C(N)=O)cc3)cc12. The van der Waals surface area contributed by atoms with E-state index in [1.54, 1.807) is 18.7 Å². The fraction of sp³-hybridized carbons (Fsp3) is 0.133. The van der Waals surface area contributed by atoms with Crippen molar-refractivity contribution >= 4 is 32.7 Å². The minimum absolute atomic E-state index is 0.0325. The van der Waals surface area contributed by atoms with E-state index < -0.39 is 15.9 Å². The summed E-state index contributed by atoms with van der Waals surface area (Å²) < 4.78 is 29.1. The van der Waals surface area contributed by atoms with Crippen LogP contribution in [-0.2, 0) is 17.1 Å². The van der Waals surface area contributed by atoms with Crippen molar-refractivity contribution in [1.29, 1.82) is 0 Å². The summed E-state index contributed by atoms with van der Waals surface area (Å²) in [5.41, 5.74) is 7.08. The summed E-state index contributed by atoms with van der Waals surface area (Å²) in [4.78, 5) is 15.2. The van der Waals surface area contributed by atoms with E-state index in [1.165, 1.54) is 36.5 Å². The predicted molar refractivity (Wildman–Crippen MR) is 89.0 cm³/mol. The second kappa shape index (κ2) is 5.60. The number of primary amides is 1. The summed E-state index contributed by atoms with van der Waals surface area (Å²) in [5, 5.41) is 4.89. The molecule has 1 aromatic carbocycles. The molecule has 0 unspecified atom stereocenters. The third-order valence-corrected chi connectivity index (χ3v) is 4.92. The Morgan fingerprint density at radius 2 is 1.92 bits per heavy atom. The predicted octanol–water partition coefficient (Wildman–Crippen LogP) is 1.18. The van der Waals surface area contributed by atoms with Crippen LogP contribution in [0.2, 0.25) is 0 Å². The van der Waals surface area contributed by atoms with Gasteiger partial charge in [0.2, 0.25) is 5.91 Å². The molecule has 2 heterocycles. The van der Waals surface area contributed by atoms with Crippen LogP contribution in [0.25, 0.3) is 11.0 Å². The molecule has 9 heteroatoms. The van der Waals surface area contributed by atoms with Crippen LogP contribution in [0.15, 0.2) is 41.4 Å². The van der Waals surface area contributed by atoms with Crippen molar-refractivity contribution in [2.75, 3.05) is 4.72 Å². The zero-order valence-corrected chi connectivity index (χ0v) is 13.8. The quantitative estimate of drug-likeness (QED) is 0.735. The first-order valence-electron chi connectivity index (χ1n) is 7.00. The lowest BCUT2D eigenvalue weighted by Gasteiger charge is -2.08. The van der Waals surface area contributed by atoms with Gasteiger partial charge in [-0.1, -0.05) is 0 Å². The first kappa shape index (κ1) is 15.9. The molecule has 0 saturated heterocycles. The first-order valence-corrected chi connectivity index (χ1v) is 8.48. The highest BCUT2D eigenvalue weighted by atomic mass is 32.2. The highest BCUT2D eigenvalue weighted by Gasteiger charge is 2.17. The molecule has 24 heavy (non-hydrogen) atoms. The molecular weight excluding hydrogens is 330 g/mol. The van der Waals surface area contributed by atoms with Gasteiger partial charge < -0.3 is 5.73 Å². The third-order valence-electron chi connectivity index (χ3n) is 3.57. The molecule has 0 radical (unpaired) electrons. The number of sulfonamides is 1. The molecule has 3 aromatic rings. The first-order chi connectivity index (χ1) is 11.3. The summed E-state index contributed by atoms with van der Waals surface area (Å²) in [6.45, 7) is 1.79. The minimum Gasteiger partial charge on any atom is -0.366 e. The highest BCUT2D eigenvalue weighted by molar-refractivity contribution is 7.92. The van der Waals surface area contributed by atoms with E-state index in [0.29, 0.717) is 28.0 Å². The zero-order chi connectivity index (χ0) is 17.5. The van der Waals surface area contributed by atoms with Crippen LogP contribution in [0, 0.1) is 6.92 Å². The van der Waals surface area contributed by atoms with Crippen molar-refractivity contribution in [3.63, 3.8) is 0 Å². The number of nitrogens with one attached hydrogen (secondary N) is 1. The van der Waals surface area contributed by atoms with Gasteiger partial charge in [0.15, 0.2) is 5.65 Å². The van der Waals surface area contributed by atoms with Gasteiger partial charge in [0.05, 0.1) is 5.69 Å². The number of nitrogens with zero attached hydrogens (tertiary/aromatic N) is 3. The minimum atomic E-state index is -3.81. The van der Waals surface area contributed by atoms with Gasteiger partial charge in [0.1, 0.15) is 4.90 Å². The Labute approximate surface area is 138 Å². The van der Waals surface area contributed by atoms with Gasteiger partial charge in [-0.25, -0.2) is 13.4 Å². The molecule has 3 N–H and O–H groups in total. The smallest absolute Gasteiger partial charge is 0.263 e. The lowest BCUT2D eigenvalue weighted by atomic mass is 10.2. The number of carbonyl (C=O) groups excluding carboxylic acids is 1. The number of aryl methyl sites for hydroxylation is 2. The molecule has 0 saturated carbocycles. The average molecular weight is 345 g/mol. The lowest BCUT2D eigenvalue weighted by molar-refractivity contribution is 0.100. The second-order valence-corrected chi connectivity index (χ2v) is 6.98. The standard InChI is InChI=1S/C15H15N5O3S/c1-9-13-7-12(8-17-15(13)20(2)18-9)24(22,23)19-11-5-3-10(4-6-11)14(16)21/h3-8,19H,1-2H3,(H2,16,21). The van der Waals surface area contributed by atoms with Gasteiger partial charge in [-0.2, -0.15) is 5.10 Å². The van der Waals surface area contributed by atoms with E-state index in [1.807, 2.05) is 0 Å². The van der Waals surface area contributed by atoms with E-state index in [0.717, 1.165) is 0 Å². The molecule has 3 rings (SSSR count). The van der Waals surface area contributed by atoms with Crippen LogP contribution in [0.4, 0.5) is 5.69 Å². The number of aromatic nitrogens is 3. The van der Waals surface area contributed by atoms with Crippen molar-refractivity contribution in [1.82, 2.24) is 14.8 Å². The monoisotopic (exact) mass is 345 g/mol. The van der Waals surface area contributed by atoms with Crippen LogP contribution >= 0.6 is 0 Å². The van der Waals surface area contributed by atoms with Gasteiger partial charge in [0, 0.05) is 29.9 Å². The molecule has 0 aliphatic carbocycles. The van der Waals surface area contributed by atoms with E-state index in [2.05, 4.69) is 14.8 Å². The Balaban J connectivity index is 1.95. The molecule has 124 valence electrons. The lowest BCUT2D eigenvalue weighted by Crippen LogP contribution is -2.14. The maximum atomic E-state index is 12.5. The van der Waals surface area contributed by atoms with Crippen molar-refractivity contribution in [2.24, 2.45) is 12.8 Å². The van der Waals surface area contributed by atoms with E-state index in [-0.39, 0.29) is 4.90 Å².